The van der Waals surface area contributed by atoms with Crippen molar-refractivity contribution in [3.05, 3.63) is 0 Å². The Morgan fingerprint density at radius 3 is 2.32 bits per heavy atom. The first kappa shape index (κ1) is 17.1. The van der Waals surface area contributed by atoms with Crippen LogP contribution in [0.2, 0.25) is 0 Å². The van der Waals surface area contributed by atoms with Crippen molar-refractivity contribution in [3.8, 4) is 0 Å². The number of carbonyl (C=O) groups excluding carboxylic acids is 2. The van der Waals surface area contributed by atoms with Crippen LogP contribution in [0, 0.1) is 11.8 Å². The predicted molar refractivity (Wildman–Crippen MR) is 86.3 cm³/mol. The molecule has 2 N–H and O–H groups in total. The lowest BCUT2D eigenvalue weighted by Gasteiger charge is -2.41. The SMILES string of the molecule is CC1CCN(C(=O)C2CCN(C(=O)N(C)C)CC2)C(CN)C1. The van der Waals surface area contributed by atoms with Gasteiger partial charge in [0.2, 0.25) is 5.91 Å². The van der Waals surface area contributed by atoms with E-state index in [-0.39, 0.29) is 23.9 Å². The average molecular weight is 310 g/mol. The van der Waals surface area contributed by atoms with Crippen molar-refractivity contribution < 1.29 is 9.59 Å². The Labute approximate surface area is 133 Å². The third kappa shape index (κ3) is 3.72. The smallest absolute Gasteiger partial charge is 0.319 e. The van der Waals surface area contributed by atoms with Crippen molar-refractivity contribution in [2.75, 3.05) is 40.3 Å². The topological polar surface area (TPSA) is 69.9 Å². The maximum absolute atomic E-state index is 12.8. The van der Waals surface area contributed by atoms with Gasteiger partial charge in [-0.3, -0.25) is 4.79 Å². The van der Waals surface area contributed by atoms with Crippen LogP contribution in [0.25, 0.3) is 0 Å². The van der Waals surface area contributed by atoms with Crippen LogP contribution in [0.4, 0.5) is 4.79 Å². The molecule has 0 spiro atoms. The van der Waals surface area contributed by atoms with Gasteiger partial charge in [0.1, 0.15) is 0 Å². The van der Waals surface area contributed by atoms with Gasteiger partial charge in [0.05, 0.1) is 0 Å². The molecule has 3 amide bonds. The fourth-order valence-corrected chi connectivity index (χ4v) is 3.60. The minimum Gasteiger partial charge on any atom is -0.338 e. The van der Waals surface area contributed by atoms with Crippen LogP contribution in [-0.4, -0.2) is 73.0 Å². The van der Waals surface area contributed by atoms with E-state index in [1.54, 1.807) is 19.0 Å². The van der Waals surface area contributed by atoms with Crippen LogP contribution in [0.5, 0.6) is 0 Å². The lowest BCUT2D eigenvalue weighted by Crippen LogP contribution is -2.53. The molecule has 2 aliphatic rings. The number of nitrogens with zero attached hydrogens (tertiary/aromatic N) is 3. The number of carbonyl (C=O) groups is 2. The number of hydrogen-bond donors (Lipinski definition) is 1. The van der Waals surface area contributed by atoms with Crippen molar-refractivity contribution >= 4 is 11.9 Å². The summed E-state index contributed by atoms with van der Waals surface area (Å²) in [6.07, 6.45) is 3.61. The molecule has 2 fully saturated rings. The first-order valence-electron chi connectivity index (χ1n) is 8.40. The lowest BCUT2D eigenvalue weighted by molar-refractivity contribution is -0.141. The van der Waals surface area contributed by atoms with Crippen LogP contribution < -0.4 is 5.73 Å². The molecule has 2 aliphatic heterocycles. The number of likely N-dealkylation sites (tertiary alicyclic amines) is 2. The molecule has 22 heavy (non-hydrogen) atoms. The van der Waals surface area contributed by atoms with Crippen molar-refractivity contribution in [3.63, 3.8) is 0 Å². The summed E-state index contributed by atoms with van der Waals surface area (Å²) in [6.45, 7) is 4.96. The Morgan fingerprint density at radius 2 is 1.77 bits per heavy atom. The van der Waals surface area contributed by atoms with E-state index < -0.39 is 0 Å². The zero-order valence-corrected chi connectivity index (χ0v) is 14.1. The predicted octanol–water partition coefficient (Wildman–Crippen LogP) is 0.966. The Kier molecular flexibility index (Phi) is 5.67. The minimum atomic E-state index is 0.0394. The van der Waals surface area contributed by atoms with E-state index in [0.29, 0.717) is 25.6 Å². The number of urea groups is 1. The second kappa shape index (κ2) is 7.31. The van der Waals surface area contributed by atoms with Gasteiger partial charge in [0, 0.05) is 52.2 Å². The van der Waals surface area contributed by atoms with E-state index >= 15 is 0 Å². The molecule has 2 atom stereocenters. The lowest BCUT2D eigenvalue weighted by atomic mass is 9.89. The van der Waals surface area contributed by atoms with E-state index in [9.17, 15) is 9.59 Å². The molecule has 6 heteroatoms. The van der Waals surface area contributed by atoms with Gasteiger partial charge in [-0.2, -0.15) is 0 Å². The normalized spacial score (nSPS) is 26.9. The summed E-state index contributed by atoms with van der Waals surface area (Å²) in [5, 5.41) is 0. The summed E-state index contributed by atoms with van der Waals surface area (Å²) in [7, 11) is 3.53. The first-order chi connectivity index (χ1) is 10.4. The van der Waals surface area contributed by atoms with Crippen LogP contribution in [0.15, 0.2) is 0 Å². The number of amides is 3. The molecule has 0 saturated carbocycles. The summed E-state index contributed by atoms with van der Waals surface area (Å²) in [5.41, 5.74) is 5.87. The van der Waals surface area contributed by atoms with Crippen LogP contribution in [-0.2, 0) is 4.79 Å². The van der Waals surface area contributed by atoms with E-state index in [2.05, 4.69) is 6.92 Å². The van der Waals surface area contributed by atoms with Gasteiger partial charge in [-0.05, 0) is 31.6 Å². The molecule has 0 aromatic carbocycles. The van der Waals surface area contributed by atoms with Crippen LogP contribution in [0.1, 0.15) is 32.6 Å². The van der Waals surface area contributed by atoms with Crippen molar-refractivity contribution in [2.45, 2.75) is 38.6 Å². The largest absolute Gasteiger partial charge is 0.338 e. The summed E-state index contributed by atoms with van der Waals surface area (Å²) in [6, 6.07) is 0.232. The fourth-order valence-electron chi connectivity index (χ4n) is 3.60. The van der Waals surface area contributed by atoms with E-state index in [1.165, 1.54) is 0 Å². The quantitative estimate of drug-likeness (QED) is 0.826. The second-order valence-corrected chi connectivity index (χ2v) is 6.99. The zero-order valence-electron chi connectivity index (χ0n) is 14.1. The Bertz CT molecular complexity index is 405. The maximum atomic E-state index is 12.8. The highest BCUT2D eigenvalue weighted by Crippen LogP contribution is 2.27. The zero-order chi connectivity index (χ0) is 16.3. The second-order valence-electron chi connectivity index (χ2n) is 6.99. The monoisotopic (exact) mass is 310 g/mol. The molecular weight excluding hydrogens is 280 g/mol. The van der Waals surface area contributed by atoms with Crippen molar-refractivity contribution in [2.24, 2.45) is 17.6 Å². The van der Waals surface area contributed by atoms with E-state index in [0.717, 1.165) is 32.2 Å². The number of hydrogen-bond acceptors (Lipinski definition) is 3. The average Bonchev–Trinajstić information content (AvgIpc) is 2.53. The van der Waals surface area contributed by atoms with Gasteiger partial charge in [-0.1, -0.05) is 6.92 Å². The maximum Gasteiger partial charge on any atom is 0.319 e. The Morgan fingerprint density at radius 1 is 1.14 bits per heavy atom. The highest BCUT2D eigenvalue weighted by molar-refractivity contribution is 5.80. The van der Waals surface area contributed by atoms with Crippen molar-refractivity contribution in [1.29, 1.82) is 0 Å². The fraction of sp³-hybridized carbons (Fsp3) is 0.875. The molecule has 2 saturated heterocycles. The van der Waals surface area contributed by atoms with Gasteiger partial charge in [0.15, 0.2) is 0 Å². The number of rotatable bonds is 2. The summed E-state index contributed by atoms with van der Waals surface area (Å²) >= 11 is 0. The standard InChI is InChI=1S/C16H30N4O2/c1-12-4-9-20(14(10-12)11-17)15(21)13-5-7-19(8-6-13)16(22)18(2)3/h12-14H,4-11,17H2,1-3H3. The molecule has 2 heterocycles. The number of piperidine rings is 2. The molecule has 2 rings (SSSR count). The van der Waals surface area contributed by atoms with Crippen LogP contribution >= 0.6 is 0 Å². The molecule has 126 valence electrons. The summed E-state index contributed by atoms with van der Waals surface area (Å²) < 4.78 is 0. The molecule has 0 bridgehead atoms. The molecule has 0 aliphatic carbocycles. The first-order valence-corrected chi connectivity index (χ1v) is 8.40. The van der Waals surface area contributed by atoms with Gasteiger partial charge in [-0.15, -0.1) is 0 Å². The third-order valence-corrected chi connectivity index (χ3v) is 5.03. The summed E-state index contributed by atoms with van der Waals surface area (Å²) in [5.74, 6) is 0.949. The molecule has 0 aromatic heterocycles. The molecular formula is C16H30N4O2. The van der Waals surface area contributed by atoms with E-state index in [4.69, 9.17) is 5.73 Å². The summed E-state index contributed by atoms with van der Waals surface area (Å²) in [4.78, 5) is 30.2. The van der Waals surface area contributed by atoms with Crippen LogP contribution in [0.3, 0.4) is 0 Å². The number of nitrogens with two attached hydrogens (primary N) is 1. The van der Waals surface area contributed by atoms with Gasteiger partial charge in [-0.25, -0.2) is 4.79 Å². The highest BCUT2D eigenvalue weighted by Gasteiger charge is 2.35. The van der Waals surface area contributed by atoms with Gasteiger partial charge >= 0.3 is 6.03 Å². The molecule has 2 unspecified atom stereocenters. The van der Waals surface area contributed by atoms with Crippen molar-refractivity contribution in [1.82, 2.24) is 14.7 Å². The van der Waals surface area contributed by atoms with Gasteiger partial charge in [0.25, 0.3) is 0 Å². The highest BCUT2D eigenvalue weighted by atomic mass is 16.2. The Hall–Kier alpha value is -1.30. The third-order valence-electron chi connectivity index (χ3n) is 5.03. The molecule has 6 nitrogen and oxygen atoms in total. The Balaban J connectivity index is 1.90. The minimum absolute atomic E-state index is 0.0394. The molecule has 0 aromatic rings. The van der Waals surface area contributed by atoms with Gasteiger partial charge < -0.3 is 20.4 Å². The molecule has 0 radical (unpaired) electrons. The van der Waals surface area contributed by atoms with E-state index in [1.807, 2.05) is 9.80 Å².